The third-order valence-corrected chi connectivity index (χ3v) is 3.29. The summed E-state index contributed by atoms with van der Waals surface area (Å²) in [5.41, 5.74) is 2.32. The lowest BCUT2D eigenvalue weighted by Gasteiger charge is -2.38. The zero-order valence-corrected chi connectivity index (χ0v) is 9.09. The molecule has 1 aromatic rings. The second kappa shape index (κ2) is 3.94. The minimum absolute atomic E-state index is 0.494. The molecule has 0 aliphatic heterocycles. The summed E-state index contributed by atoms with van der Waals surface area (Å²) in [6.07, 6.45) is 4.03. The fourth-order valence-corrected chi connectivity index (χ4v) is 1.94. The Balaban J connectivity index is 1.91. The van der Waals surface area contributed by atoms with Gasteiger partial charge in [-0.2, -0.15) is 5.26 Å². The van der Waals surface area contributed by atoms with Crippen molar-refractivity contribution in [1.29, 1.82) is 5.26 Å². The van der Waals surface area contributed by atoms with Gasteiger partial charge in [0.25, 0.3) is 0 Å². The first-order valence-electron chi connectivity index (χ1n) is 5.46. The molecular weight excluding hydrogens is 184 g/mol. The summed E-state index contributed by atoms with van der Waals surface area (Å²) in [5, 5.41) is 12.1. The highest BCUT2D eigenvalue weighted by atomic mass is 14.9. The van der Waals surface area contributed by atoms with E-state index in [0.29, 0.717) is 5.41 Å². The maximum atomic E-state index is 8.66. The fourth-order valence-electron chi connectivity index (χ4n) is 1.94. The van der Waals surface area contributed by atoms with Crippen LogP contribution in [0.5, 0.6) is 0 Å². The molecule has 1 saturated carbocycles. The van der Waals surface area contributed by atoms with Crippen molar-refractivity contribution in [3.05, 3.63) is 29.8 Å². The van der Waals surface area contributed by atoms with Crippen LogP contribution < -0.4 is 5.32 Å². The summed E-state index contributed by atoms with van der Waals surface area (Å²) in [7, 11) is 0. The van der Waals surface area contributed by atoms with Gasteiger partial charge in [-0.05, 0) is 42.5 Å². The average Bonchev–Trinajstić information content (AvgIpc) is 2.24. The van der Waals surface area contributed by atoms with Crippen LogP contribution in [0, 0.1) is 16.7 Å². The molecule has 1 aromatic carbocycles. The molecular formula is C13H16N2. The molecule has 0 unspecified atom stereocenters. The lowest BCUT2D eigenvalue weighted by atomic mass is 9.70. The van der Waals surface area contributed by atoms with E-state index in [9.17, 15) is 0 Å². The zero-order valence-electron chi connectivity index (χ0n) is 9.09. The Morgan fingerprint density at radius 3 is 2.47 bits per heavy atom. The quantitative estimate of drug-likeness (QED) is 0.813. The molecule has 0 amide bonds. The molecule has 78 valence electrons. The molecule has 2 heteroatoms. The Morgan fingerprint density at radius 2 is 2.00 bits per heavy atom. The molecule has 0 radical (unpaired) electrons. The van der Waals surface area contributed by atoms with E-state index in [0.717, 1.165) is 17.8 Å². The van der Waals surface area contributed by atoms with E-state index in [4.69, 9.17) is 5.26 Å². The number of nitrogens with zero attached hydrogens (tertiary/aromatic N) is 1. The molecule has 0 heterocycles. The van der Waals surface area contributed by atoms with Gasteiger partial charge in [-0.3, -0.25) is 0 Å². The molecule has 1 aliphatic rings. The van der Waals surface area contributed by atoms with Crippen molar-refractivity contribution in [2.45, 2.75) is 26.2 Å². The van der Waals surface area contributed by atoms with E-state index in [1.807, 2.05) is 24.3 Å². The van der Waals surface area contributed by atoms with Gasteiger partial charge in [0.05, 0.1) is 11.6 Å². The predicted molar refractivity (Wildman–Crippen MR) is 61.6 cm³/mol. The number of rotatable bonds is 3. The van der Waals surface area contributed by atoms with Crippen molar-refractivity contribution in [2.75, 3.05) is 11.9 Å². The van der Waals surface area contributed by atoms with Crippen LogP contribution in [0.25, 0.3) is 0 Å². The molecule has 1 N–H and O–H groups in total. The van der Waals surface area contributed by atoms with Crippen LogP contribution in [0.4, 0.5) is 5.69 Å². The van der Waals surface area contributed by atoms with Crippen LogP contribution in [0.15, 0.2) is 24.3 Å². The van der Waals surface area contributed by atoms with Crippen molar-refractivity contribution in [3.63, 3.8) is 0 Å². The van der Waals surface area contributed by atoms with Crippen LogP contribution >= 0.6 is 0 Å². The highest BCUT2D eigenvalue weighted by Gasteiger charge is 2.31. The number of nitriles is 1. The smallest absolute Gasteiger partial charge is 0.0991 e. The Labute approximate surface area is 90.9 Å². The Kier molecular flexibility index (Phi) is 2.64. The van der Waals surface area contributed by atoms with Gasteiger partial charge in [0, 0.05) is 12.2 Å². The molecule has 2 nitrogen and oxygen atoms in total. The lowest BCUT2D eigenvalue weighted by Crippen LogP contribution is -2.33. The summed E-state index contributed by atoms with van der Waals surface area (Å²) in [6.45, 7) is 3.37. The van der Waals surface area contributed by atoms with Crippen LogP contribution in [0.3, 0.4) is 0 Å². The Bertz CT molecular complexity index is 369. The third-order valence-electron chi connectivity index (χ3n) is 3.29. The summed E-state index contributed by atoms with van der Waals surface area (Å²) < 4.78 is 0. The van der Waals surface area contributed by atoms with Gasteiger partial charge in [0.2, 0.25) is 0 Å². The fraction of sp³-hybridized carbons (Fsp3) is 0.462. The summed E-state index contributed by atoms with van der Waals surface area (Å²) in [4.78, 5) is 0. The minimum atomic E-state index is 0.494. The zero-order chi connectivity index (χ0) is 10.7. The summed E-state index contributed by atoms with van der Waals surface area (Å²) >= 11 is 0. The molecule has 0 bridgehead atoms. The third kappa shape index (κ3) is 2.30. The normalized spacial score (nSPS) is 17.6. The van der Waals surface area contributed by atoms with Crippen molar-refractivity contribution < 1.29 is 0 Å². The molecule has 1 fully saturated rings. The van der Waals surface area contributed by atoms with Crippen molar-refractivity contribution in [3.8, 4) is 6.07 Å². The number of anilines is 1. The molecule has 0 saturated heterocycles. The topological polar surface area (TPSA) is 35.8 Å². The van der Waals surface area contributed by atoms with E-state index in [1.54, 1.807) is 0 Å². The molecule has 0 spiro atoms. The summed E-state index contributed by atoms with van der Waals surface area (Å²) in [6, 6.07) is 9.77. The monoisotopic (exact) mass is 200 g/mol. The van der Waals surface area contributed by atoms with Crippen LogP contribution in [-0.2, 0) is 0 Å². The van der Waals surface area contributed by atoms with E-state index in [2.05, 4.69) is 18.3 Å². The van der Waals surface area contributed by atoms with E-state index < -0.39 is 0 Å². The second-order valence-electron chi connectivity index (χ2n) is 4.71. The molecule has 15 heavy (non-hydrogen) atoms. The van der Waals surface area contributed by atoms with Gasteiger partial charge >= 0.3 is 0 Å². The molecule has 0 aromatic heterocycles. The van der Waals surface area contributed by atoms with E-state index in [-0.39, 0.29) is 0 Å². The SMILES string of the molecule is CC1(CNc2ccc(C#N)cc2)CCC1. The van der Waals surface area contributed by atoms with Gasteiger partial charge < -0.3 is 5.32 Å². The average molecular weight is 200 g/mol. The van der Waals surface area contributed by atoms with E-state index >= 15 is 0 Å². The maximum Gasteiger partial charge on any atom is 0.0991 e. The number of hydrogen-bond donors (Lipinski definition) is 1. The first kappa shape index (κ1) is 10.0. The maximum absolute atomic E-state index is 8.66. The standard InChI is InChI=1S/C13H16N2/c1-13(7-2-8-13)10-15-12-5-3-11(9-14)4-6-12/h3-6,15H,2,7-8,10H2,1H3. The Hall–Kier alpha value is -1.49. The highest BCUT2D eigenvalue weighted by Crippen LogP contribution is 2.40. The Morgan fingerprint density at radius 1 is 1.33 bits per heavy atom. The van der Waals surface area contributed by atoms with Gasteiger partial charge in [-0.1, -0.05) is 13.3 Å². The van der Waals surface area contributed by atoms with Gasteiger partial charge in [-0.25, -0.2) is 0 Å². The largest absolute Gasteiger partial charge is 0.384 e. The number of nitrogens with one attached hydrogen (secondary N) is 1. The van der Waals surface area contributed by atoms with Crippen molar-refractivity contribution in [2.24, 2.45) is 5.41 Å². The first-order valence-corrected chi connectivity index (χ1v) is 5.46. The predicted octanol–water partition coefficient (Wildman–Crippen LogP) is 3.16. The molecule has 0 atom stereocenters. The number of hydrogen-bond acceptors (Lipinski definition) is 2. The van der Waals surface area contributed by atoms with Crippen molar-refractivity contribution >= 4 is 5.69 Å². The minimum Gasteiger partial charge on any atom is -0.384 e. The second-order valence-corrected chi connectivity index (χ2v) is 4.71. The van der Waals surface area contributed by atoms with Gasteiger partial charge in [0.15, 0.2) is 0 Å². The van der Waals surface area contributed by atoms with Crippen LogP contribution in [0.1, 0.15) is 31.7 Å². The van der Waals surface area contributed by atoms with Crippen LogP contribution in [-0.4, -0.2) is 6.54 Å². The first-order chi connectivity index (χ1) is 7.22. The molecule has 1 aliphatic carbocycles. The van der Waals surface area contributed by atoms with Crippen LogP contribution in [0.2, 0.25) is 0 Å². The molecule has 2 rings (SSSR count). The number of benzene rings is 1. The van der Waals surface area contributed by atoms with Gasteiger partial charge in [0.1, 0.15) is 0 Å². The van der Waals surface area contributed by atoms with E-state index in [1.165, 1.54) is 19.3 Å². The highest BCUT2D eigenvalue weighted by molar-refractivity contribution is 5.47. The van der Waals surface area contributed by atoms with Crippen molar-refractivity contribution in [1.82, 2.24) is 0 Å². The lowest BCUT2D eigenvalue weighted by molar-refractivity contribution is 0.180. The summed E-state index contributed by atoms with van der Waals surface area (Å²) in [5.74, 6) is 0. The van der Waals surface area contributed by atoms with Gasteiger partial charge in [-0.15, -0.1) is 0 Å².